The maximum absolute atomic E-state index is 12.8. The van der Waals surface area contributed by atoms with Crippen molar-refractivity contribution in [3.05, 3.63) is 48.0 Å². The van der Waals surface area contributed by atoms with E-state index in [1.165, 1.54) is 14.2 Å². The van der Waals surface area contributed by atoms with Crippen molar-refractivity contribution in [3.63, 3.8) is 0 Å². The smallest absolute Gasteiger partial charge is 0.323 e. The fraction of sp³-hybridized carbons (Fsp3) is 0.500. The zero-order chi connectivity index (χ0) is 17.3. The highest BCUT2D eigenvalue weighted by Gasteiger charge is 2.64. The number of benzene rings is 1. The standard InChI is InChI=1S/C20H24O4/c1-13-9-10-15-12-20(18(21)23-2,19(22)24-3)17(16(15)11-13)14-7-5-4-6-8-14/h4-10,13,15-17H,11-12H2,1-3H3. The molecule has 1 aromatic carbocycles. The monoisotopic (exact) mass is 328 g/mol. The number of hydrogen-bond donors (Lipinski definition) is 0. The van der Waals surface area contributed by atoms with Crippen LogP contribution < -0.4 is 0 Å². The van der Waals surface area contributed by atoms with Crippen LogP contribution in [0.1, 0.15) is 31.2 Å². The van der Waals surface area contributed by atoms with Gasteiger partial charge in [-0.3, -0.25) is 9.59 Å². The zero-order valence-electron chi connectivity index (χ0n) is 14.4. The van der Waals surface area contributed by atoms with Crippen molar-refractivity contribution in [2.45, 2.75) is 25.7 Å². The Bertz CT molecular complexity index is 633. The zero-order valence-corrected chi connectivity index (χ0v) is 14.4. The number of carbonyl (C=O) groups is 2. The first-order chi connectivity index (χ1) is 11.5. The summed E-state index contributed by atoms with van der Waals surface area (Å²) < 4.78 is 10.2. The first kappa shape index (κ1) is 16.7. The maximum atomic E-state index is 12.8. The molecule has 0 spiro atoms. The molecule has 3 rings (SSSR count). The van der Waals surface area contributed by atoms with Gasteiger partial charge in [0.25, 0.3) is 0 Å². The summed E-state index contributed by atoms with van der Waals surface area (Å²) in [7, 11) is 2.69. The van der Waals surface area contributed by atoms with Crippen molar-refractivity contribution in [2.24, 2.45) is 23.2 Å². The van der Waals surface area contributed by atoms with Crippen LogP contribution in [0.15, 0.2) is 42.5 Å². The van der Waals surface area contributed by atoms with Gasteiger partial charge in [-0.15, -0.1) is 0 Å². The molecule has 0 amide bonds. The van der Waals surface area contributed by atoms with Gasteiger partial charge in [-0.25, -0.2) is 0 Å². The van der Waals surface area contributed by atoms with E-state index in [-0.39, 0.29) is 17.8 Å². The summed E-state index contributed by atoms with van der Waals surface area (Å²) in [5.74, 6) is -0.355. The highest BCUT2D eigenvalue weighted by Crippen LogP contribution is 2.60. The molecule has 128 valence electrons. The molecule has 0 aliphatic heterocycles. The van der Waals surface area contributed by atoms with Crippen LogP contribution in [0.2, 0.25) is 0 Å². The fourth-order valence-electron chi connectivity index (χ4n) is 4.68. The van der Waals surface area contributed by atoms with Gasteiger partial charge in [0, 0.05) is 5.92 Å². The number of fused-ring (bicyclic) bond motifs is 1. The van der Waals surface area contributed by atoms with E-state index in [0.717, 1.165) is 12.0 Å². The van der Waals surface area contributed by atoms with Crippen LogP contribution in [0.25, 0.3) is 0 Å². The van der Waals surface area contributed by atoms with Crippen LogP contribution in [0, 0.1) is 23.2 Å². The predicted molar refractivity (Wildman–Crippen MR) is 90.2 cm³/mol. The van der Waals surface area contributed by atoms with E-state index < -0.39 is 17.4 Å². The molecule has 0 aromatic heterocycles. The summed E-state index contributed by atoms with van der Waals surface area (Å²) in [6.07, 6.45) is 5.76. The number of carbonyl (C=O) groups excluding carboxylic acids is 2. The molecule has 0 radical (unpaired) electrons. The summed E-state index contributed by atoms with van der Waals surface area (Å²) in [4.78, 5) is 25.6. The quantitative estimate of drug-likeness (QED) is 0.485. The topological polar surface area (TPSA) is 52.6 Å². The van der Waals surface area contributed by atoms with E-state index in [1.807, 2.05) is 30.3 Å². The van der Waals surface area contributed by atoms with Gasteiger partial charge in [0.05, 0.1) is 14.2 Å². The lowest BCUT2D eigenvalue weighted by atomic mass is 9.69. The molecule has 1 aromatic rings. The van der Waals surface area contributed by atoms with Gasteiger partial charge in [-0.05, 0) is 36.2 Å². The summed E-state index contributed by atoms with van der Waals surface area (Å²) >= 11 is 0. The van der Waals surface area contributed by atoms with Crippen LogP contribution in [-0.2, 0) is 19.1 Å². The minimum Gasteiger partial charge on any atom is -0.468 e. The van der Waals surface area contributed by atoms with Crippen molar-refractivity contribution < 1.29 is 19.1 Å². The number of allylic oxidation sites excluding steroid dienone is 2. The third kappa shape index (κ3) is 2.45. The van der Waals surface area contributed by atoms with E-state index in [0.29, 0.717) is 12.3 Å². The third-order valence-corrected chi connectivity index (χ3v) is 5.66. The molecule has 2 aliphatic rings. The molecule has 0 bridgehead atoms. The third-order valence-electron chi connectivity index (χ3n) is 5.66. The highest BCUT2D eigenvalue weighted by molar-refractivity contribution is 6.02. The van der Waals surface area contributed by atoms with Crippen molar-refractivity contribution in [2.75, 3.05) is 14.2 Å². The van der Waals surface area contributed by atoms with Crippen molar-refractivity contribution in [3.8, 4) is 0 Å². The predicted octanol–water partition coefficient (Wildman–Crippen LogP) is 3.33. The van der Waals surface area contributed by atoms with E-state index in [9.17, 15) is 9.59 Å². The summed E-state index contributed by atoms with van der Waals surface area (Å²) in [6.45, 7) is 2.17. The Hall–Kier alpha value is -2.10. The number of methoxy groups -OCH3 is 2. The average Bonchev–Trinajstić information content (AvgIpc) is 2.96. The molecular formula is C20H24O4. The second-order valence-corrected chi connectivity index (χ2v) is 6.97. The molecule has 4 nitrogen and oxygen atoms in total. The molecular weight excluding hydrogens is 304 g/mol. The minimum absolute atomic E-state index is 0.185. The van der Waals surface area contributed by atoms with Crippen LogP contribution >= 0.6 is 0 Å². The Morgan fingerprint density at radius 3 is 2.25 bits per heavy atom. The van der Waals surface area contributed by atoms with E-state index in [1.54, 1.807) is 0 Å². The molecule has 24 heavy (non-hydrogen) atoms. The summed E-state index contributed by atoms with van der Waals surface area (Å²) in [5.41, 5.74) is -0.266. The Balaban J connectivity index is 2.17. The Morgan fingerprint density at radius 2 is 1.67 bits per heavy atom. The number of hydrogen-bond acceptors (Lipinski definition) is 4. The van der Waals surface area contributed by atoms with Gasteiger partial charge < -0.3 is 9.47 Å². The van der Waals surface area contributed by atoms with Gasteiger partial charge in [-0.2, -0.15) is 0 Å². The van der Waals surface area contributed by atoms with Gasteiger partial charge in [0.1, 0.15) is 0 Å². The van der Waals surface area contributed by atoms with Crippen molar-refractivity contribution in [1.29, 1.82) is 0 Å². The first-order valence-corrected chi connectivity index (χ1v) is 8.44. The van der Waals surface area contributed by atoms with E-state index >= 15 is 0 Å². The van der Waals surface area contributed by atoms with Gasteiger partial charge in [0.2, 0.25) is 0 Å². The van der Waals surface area contributed by atoms with Crippen LogP contribution in [0.5, 0.6) is 0 Å². The summed E-state index contributed by atoms with van der Waals surface area (Å²) in [5, 5.41) is 0. The first-order valence-electron chi connectivity index (χ1n) is 8.44. The van der Waals surface area contributed by atoms with Crippen LogP contribution in [0.3, 0.4) is 0 Å². The molecule has 1 fully saturated rings. The maximum Gasteiger partial charge on any atom is 0.323 e. The number of esters is 2. The Kier molecular flexibility index (Phi) is 4.48. The van der Waals surface area contributed by atoms with Crippen LogP contribution in [0.4, 0.5) is 0 Å². The molecule has 4 heteroatoms. The second kappa shape index (κ2) is 6.42. The SMILES string of the molecule is COC(=O)C1(C(=O)OC)CC2C=CC(C)CC2C1c1ccccc1. The van der Waals surface area contributed by atoms with Crippen LogP contribution in [-0.4, -0.2) is 26.2 Å². The second-order valence-electron chi connectivity index (χ2n) is 6.97. The molecule has 4 atom stereocenters. The summed E-state index contributed by atoms with van der Waals surface area (Å²) in [6, 6.07) is 9.83. The molecule has 2 aliphatic carbocycles. The Labute approximate surface area is 142 Å². The highest BCUT2D eigenvalue weighted by atomic mass is 16.5. The van der Waals surface area contributed by atoms with Gasteiger partial charge in [-0.1, -0.05) is 49.4 Å². The fourth-order valence-corrected chi connectivity index (χ4v) is 4.68. The largest absolute Gasteiger partial charge is 0.468 e. The molecule has 0 saturated heterocycles. The average molecular weight is 328 g/mol. The Morgan fingerprint density at radius 1 is 1.04 bits per heavy atom. The normalized spacial score (nSPS) is 30.5. The van der Waals surface area contributed by atoms with Crippen molar-refractivity contribution >= 4 is 11.9 Å². The van der Waals surface area contributed by atoms with E-state index in [4.69, 9.17) is 9.47 Å². The van der Waals surface area contributed by atoms with Gasteiger partial charge in [0.15, 0.2) is 5.41 Å². The minimum atomic E-state index is -1.27. The number of ether oxygens (including phenoxy) is 2. The van der Waals surface area contributed by atoms with E-state index in [2.05, 4.69) is 19.1 Å². The lowest BCUT2D eigenvalue weighted by Gasteiger charge is -2.34. The molecule has 1 saturated carbocycles. The lowest BCUT2D eigenvalue weighted by molar-refractivity contribution is -0.170. The molecule has 0 heterocycles. The lowest BCUT2D eigenvalue weighted by Crippen LogP contribution is -2.44. The molecule has 0 N–H and O–H groups in total. The number of rotatable bonds is 3. The molecule has 4 unspecified atom stereocenters. The van der Waals surface area contributed by atoms with Crippen molar-refractivity contribution in [1.82, 2.24) is 0 Å². The van der Waals surface area contributed by atoms with Gasteiger partial charge >= 0.3 is 11.9 Å².